The Bertz CT molecular complexity index is 496. The van der Waals surface area contributed by atoms with Gasteiger partial charge in [-0.15, -0.1) is 0 Å². The zero-order valence-corrected chi connectivity index (χ0v) is 11.2. The van der Waals surface area contributed by atoms with Gasteiger partial charge in [0.25, 0.3) is 0 Å². The number of benzene rings is 1. The molecule has 2 aromatic rings. The summed E-state index contributed by atoms with van der Waals surface area (Å²) < 4.78 is 0. The Kier molecular flexibility index (Phi) is 4.65. The first-order valence-corrected chi connectivity index (χ1v) is 6.77. The Morgan fingerprint density at radius 1 is 1.17 bits per heavy atom. The van der Waals surface area contributed by atoms with E-state index in [-0.39, 0.29) is 0 Å². The van der Waals surface area contributed by atoms with Gasteiger partial charge in [-0.1, -0.05) is 32.4 Å². The van der Waals surface area contributed by atoms with Crippen molar-refractivity contribution < 1.29 is 0 Å². The Morgan fingerprint density at radius 3 is 2.67 bits per heavy atom. The van der Waals surface area contributed by atoms with Gasteiger partial charge < -0.3 is 5.32 Å². The Labute approximate surface area is 109 Å². The molecule has 3 nitrogen and oxygen atoms in total. The molecule has 0 bridgehead atoms. The van der Waals surface area contributed by atoms with Crippen LogP contribution in [0.15, 0.2) is 30.5 Å². The zero-order chi connectivity index (χ0) is 12.8. The molecule has 2 rings (SSSR count). The van der Waals surface area contributed by atoms with E-state index in [9.17, 15) is 0 Å². The molecule has 1 N–H and O–H groups in total. The summed E-state index contributed by atoms with van der Waals surface area (Å²) >= 11 is 0. The van der Waals surface area contributed by atoms with Crippen LogP contribution in [0.4, 0.5) is 0 Å². The summed E-state index contributed by atoms with van der Waals surface area (Å²) in [7, 11) is 0. The van der Waals surface area contributed by atoms with Gasteiger partial charge in [-0.3, -0.25) is 4.98 Å². The van der Waals surface area contributed by atoms with Gasteiger partial charge in [-0.2, -0.15) is 0 Å². The van der Waals surface area contributed by atoms with E-state index < -0.39 is 0 Å². The predicted octanol–water partition coefficient (Wildman–Crippen LogP) is 3.30. The average molecular weight is 243 g/mol. The Morgan fingerprint density at radius 2 is 1.94 bits per heavy atom. The maximum absolute atomic E-state index is 4.62. The third-order valence-corrected chi connectivity index (χ3v) is 3.20. The summed E-state index contributed by atoms with van der Waals surface area (Å²) in [4.78, 5) is 9.05. The van der Waals surface area contributed by atoms with Gasteiger partial charge in [-0.25, -0.2) is 4.98 Å². The zero-order valence-electron chi connectivity index (χ0n) is 11.2. The topological polar surface area (TPSA) is 37.8 Å². The maximum Gasteiger partial charge on any atom is 0.0890 e. The molecule has 0 saturated carbocycles. The first-order valence-electron chi connectivity index (χ1n) is 6.77. The van der Waals surface area contributed by atoms with E-state index >= 15 is 0 Å². The van der Waals surface area contributed by atoms with Crippen molar-refractivity contribution in [2.24, 2.45) is 0 Å². The second kappa shape index (κ2) is 6.45. The second-order valence-electron chi connectivity index (χ2n) is 4.62. The van der Waals surface area contributed by atoms with Crippen LogP contribution < -0.4 is 5.32 Å². The third-order valence-electron chi connectivity index (χ3n) is 3.20. The third kappa shape index (κ3) is 3.26. The molecule has 0 fully saturated rings. The molecule has 96 valence electrons. The normalized spacial score (nSPS) is 12.8. The van der Waals surface area contributed by atoms with Gasteiger partial charge in [0.1, 0.15) is 0 Å². The summed E-state index contributed by atoms with van der Waals surface area (Å²) in [5, 5.41) is 3.55. The monoisotopic (exact) mass is 243 g/mol. The first kappa shape index (κ1) is 13.0. The van der Waals surface area contributed by atoms with Crippen LogP contribution in [-0.2, 0) is 6.54 Å². The van der Waals surface area contributed by atoms with E-state index in [1.807, 2.05) is 30.5 Å². The molecule has 0 aliphatic rings. The second-order valence-corrected chi connectivity index (χ2v) is 4.62. The minimum absolute atomic E-state index is 0.586. The van der Waals surface area contributed by atoms with E-state index in [0.29, 0.717) is 6.04 Å². The molecule has 0 aliphatic carbocycles. The van der Waals surface area contributed by atoms with Crippen LogP contribution >= 0.6 is 0 Å². The highest BCUT2D eigenvalue weighted by Crippen LogP contribution is 2.09. The van der Waals surface area contributed by atoms with Crippen molar-refractivity contribution in [3.63, 3.8) is 0 Å². The molecule has 0 aliphatic heterocycles. The van der Waals surface area contributed by atoms with Crippen LogP contribution in [0.1, 0.15) is 38.8 Å². The summed E-state index contributed by atoms with van der Waals surface area (Å²) in [5.74, 6) is 0. The number of hydrogen-bond donors (Lipinski definition) is 1. The number of nitrogens with zero attached hydrogens (tertiary/aromatic N) is 2. The molecule has 1 unspecified atom stereocenters. The summed E-state index contributed by atoms with van der Waals surface area (Å²) in [6, 6.07) is 8.58. The molecule has 0 amide bonds. The Hall–Kier alpha value is -1.48. The fourth-order valence-electron chi connectivity index (χ4n) is 2.13. The van der Waals surface area contributed by atoms with Gasteiger partial charge in [0.2, 0.25) is 0 Å². The minimum atomic E-state index is 0.586. The lowest BCUT2D eigenvalue weighted by Crippen LogP contribution is -2.28. The van der Waals surface area contributed by atoms with Gasteiger partial charge in [0.15, 0.2) is 0 Å². The van der Waals surface area contributed by atoms with E-state index in [0.717, 1.165) is 29.7 Å². The van der Waals surface area contributed by atoms with Crippen LogP contribution in [-0.4, -0.2) is 16.0 Å². The molecule has 0 saturated heterocycles. The van der Waals surface area contributed by atoms with Crippen molar-refractivity contribution in [1.82, 2.24) is 15.3 Å². The number of para-hydroxylation sites is 2. The number of hydrogen-bond acceptors (Lipinski definition) is 3. The van der Waals surface area contributed by atoms with Gasteiger partial charge in [0.05, 0.1) is 22.9 Å². The van der Waals surface area contributed by atoms with Gasteiger partial charge >= 0.3 is 0 Å². The fourth-order valence-corrected chi connectivity index (χ4v) is 2.13. The minimum Gasteiger partial charge on any atom is -0.308 e. The molecule has 3 heteroatoms. The van der Waals surface area contributed by atoms with Gasteiger partial charge in [-0.05, 0) is 25.0 Å². The first-order chi connectivity index (χ1) is 8.83. The molecule has 18 heavy (non-hydrogen) atoms. The number of rotatable bonds is 6. The highest BCUT2D eigenvalue weighted by molar-refractivity contribution is 5.73. The smallest absolute Gasteiger partial charge is 0.0890 e. The molecule has 1 aromatic carbocycles. The summed E-state index contributed by atoms with van der Waals surface area (Å²) in [6.45, 7) is 5.25. The number of aromatic nitrogens is 2. The van der Waals surface area contributed by atoms with Crippen LogP contribution in [0.2, 0.25) is 0 Å². The maximum atomic E-state index is 4.62. The van der Waals surface area contributed by atoms with Crippen LogP contribution in [0.3, 0.4) is 0 Å². The highest BCUT2D eigenvalue weighted by Gasteiger charge is 2.05. The van der Waals surface area contributed by atoms with Crippen molar-refractivity contribution in [3.8, 4) is 0 Å². The lowest BCUT2D eigenvalue weighted by molar-refractivity contribution is 0.459. The molecular weight excluding hydrogens is 222 g/mol. The molecule has 1 atom stereocenters. The van der Waals surface area contributed by atoms with Crippen molar-refractivity contribution in [2.45, 2.75) is 45.7 Å². The van der Waals surface area contributed by atoms with E-state index in [4.69, 9.17) is 0 Å². The quantitative estimate of drug-likeness (QED) is 0.846. The van der Waals surface area contributed by atoms with Crippen LogP contribution in [0, 0.1) is 0 Å². The molecule has 1 aromatic heterocycles. The van der Waals surface area contributed by atoms with Crippen molar-refractivity contribution >= 4 is 11.0 Å². The van der Waals surface area contributed by atoms with E-state index in [2.05, 4.69) is 29.1 Å². The van der Waals surface area contributed by atoms with Crippen molar-refractivity contribution in [3.05, 3.63) is 36.2 Å². The van der Waals surface area contributed by atoms with E-state index in [1.54, 1.807) is 0 Å². The number of nitrogens with one attached hydrogen (secondary N) is 1. The summed E-state index contributed by atoms with van der Waals surface area (Å²) in [6.07, 6.45) is 5.47. The molecular formula is C15H21N3. The Balaban J connectivity index is 2.03. The van der Waals surface area contributed by atoms with Gasteiger partial charge in [0, 0.05) is 12.6 Å². The van der Waals surface area contributed by atoms with Crippen molar-refractivity contribution in [1.29, 1.82) is 0 Å². The fraction of sp³-hybridized carbons (Fsp3) is 0.467. The number of fused-ring (bicyclic) bond motifs is 1. The lowest BCUT2D eigenvalue weighted by Gasteiger charge is -2.15. The lowest BCUT2D eigenvalue weighted by atomic mass is 10.1. The standard InChI is InChI=1S/C15H21N3/c1-3-7-12(4-2)16-10-13-11-17-14-8-5-6-9-15(14)18-13/h5-6,8-9,11-12,16H,3-4,7,10H2,1-2H3. The predicted molar refractivity (Wildman–Crippen MR) is 75.4 cm³/mol. The average Bonchev–Trinajstić information content (AvgIpc) is 2.43. The molecule has 0 spiro atoms. The SMILES string of the molecule is CCCC(CC)NCc1cnc2ccccc2n1. The van der Waals surface area contributed by atoms with E-state index in [1.165, 1.54) is 12.8 Å². The van der Waals surface area contributed by atoms with Crippen LogP contribution in [0.5, 0.6) is 0 Å². The highest BCUT2D eigenvalue weighted by atomic mass is 14.9. The molecule has 1 heterocycles. The van der Waals surface area contributed by atoms with Crippen LogP contribution in [0.25, 0.3) is 11.0 Å². The largest absolute Gasteiger partial charge is 0.308 e. The van der Waals surface area contributed by atoms with Crippen molar-refractivity contribution in [2.75, 3.05) is 0 Å². The molecule has 0 radical (unpaired) electrons. The summed E-state index contributed by atoms with van der Waals surface area (Å²) in [5.41, 5.74) is 2.95.